The van der Waals surface area contributed by atoms with E-state index in [0.717, 1.165) is 52.1 Å². The summed E-state index contributed by atoms with van der Waals surface area (Å²) in [5.74, 6) is -0.727. The van der Waals surface area contributed by atoms with Gasteiger partial charge in [-0.05, 0) is 61.5 Å². The van der Waals surface area contributed by atoms with Gasteiger partial charge in [0.2, 0.25) is 11.4 Å². The largest absolute Gasteiger partial charge is 0.347 e. The maximum atomic E-state index is 6.23. The standard InChI is InChI=1S/C30H50NO4P2.Co.Ru/c1-25(2)19-29(32-13-14-33-29)20-26(3,4)36(25)17-23-11-10-12-24(31(23)9)18-37-27(5,6)21-30(22-28(37,7)8)34-15-16-35-30;;/h10-12H,13-22H2,1-9H3;;/q+1;;/p+2. The van der Waals surface area contributed by atoms with Gasteiger partial charge >= 0.3 is 0 Å². The predicted octanol–water partition coefficient (Wildman–Crippen LogP) is 6.12. The van der Waals surface area contributed by atoms with Gasteiger partial charge in [0, 0.05) is 89.9 Å². The van der Waals surface area contributed by atoms with Crippen LogP contribution in [0.15, 0.2) is 18.2 Å². The number of ether oxygens (including phenoxy) is 4. The molecular weight excluding hydrogens is 660 g/mol. The SMILES string of the molecule is C[n+]1c(C[PH+]2C(C)(C)CC3(CC2(C)C)OCCO3)cccc1C[PH+]1C(C)(C)CC2(CC1(C)C)OCCO2.[Co].[Ru]. The summed E-state index contributed by atoms with van der Waals surface area (Å²) in [6, 6.07) is 7.07. The smallest absolute Gasteiger partial charge is 0.218 e. The van der Waals surface area contributed by atoms with Crippen molar-refractivity contribution in [2.45, 2.75) is 126 Å². The minimum absolute atomic E-state index is 0. The van der Waals surface area contributed by atoms with Crippen LogP contribution in [-0.4, -0.2) is 58.6 Å². The van der Waals surface area contributed by atoms with Gasteiger partial charge in [0.1, 0.15) is 19.4 Å². The van der Waals surface area contributed by atoms with Crippen molar-refractivity contribution in [3.05, 3.63) is 29.6 Å². The third kappa shape index (κ3) is 6.73. The van der Waals surface area contributed by atoms with Crippen molar-refractivity contribution in [1.29, 1.82) is 0 Å². The summed E-state index contributed by atoms with van der Waals surface area (Å²) in [6.45, 7) is 22.7. The molecule has 0 amide bonds. The summed E-state index contributed by atoms with van der Waals surface area (Å²) in [5.41, 5.74) is 2.98. The Morgan fingerprint density at radius 1 is 0.615 bits per heavy atom. The Bertz CT molecular complexity index is 906. The molecular formula is C30H52CoNO4P2Ru+3. The van der Waals surface area contributed by atoms with Gasteiger partial charge in [-0.2, -0.15) is 4.57 Å². The van der Waals surface area contributed by atoms with Gasteiger partial charge in [0.15, 0.2) is 11.6 Å². The number of aromatic nitrogens is 1. The van der Waals surface area contributed by atoms with Crippen molar-refractivity contribution in [3.8, 4) is 0 Å². The van der Waals surface area contributed by atoms with Crippen molar-refractivity contribution in [2.75, 3.05) is 26.4 Å². The maximum Gasteiger partial charge on any atom is 0.218 e. The predicted molar refractivity (Wildman–Crippen MR) is 156 cm³/mol. The molecule has 5 rings (SSSR count). The third-order valence-corrected chi connectivity index (χ3v) is 18.6. The summed E-state index contributed by atoms with van der Waals surface area (Å²) < 4.78 is 27.5. The van der Waals surface area contributed by atoms with Crippen molar-refractivity contribution in [3.63, 3.8) is 0 Å². The van der Waals surface area contributed by atoms with E-state index in [0.29, 0.717) is 0 Å². The molecule has 0 saturated carbocycles. The minimum Gasteiger partial charge on any atom is -0.347 e. The second kappa shape index (κ2) is 11.8. The topological polar surface area (TPSA) is 40.8 Å². The fraction of sp³-hybridized carbons (Fsp3) is 0.833. The first-order valence-corrected chi connectivity index (χ1v) is 17.8. The molecule has 0 N–H and O–H groups in total. The molecule has 0 unspecified atom stereocenters. The molecule has 39 heavy (non-hydrogen) atoms. The molecule has 2 spiro atoms. The van der Waals surface area contributed by atoms with Crippen LogP contribution >= 0.6 is 15.8 Å². The van der Waals surface area contributed by atoms with Crippen LogP contribution in [0.3, 0.4) is 0 Å². The van der Waals surface area contributed by atoms with Gasteiger partial charge in [-0.1, -0.05) is 0 Å². The monoisotopic (exact) mass is 713 g/mol. The number of pyridine rings is 1. The first-order chi connectivity index (χ1) is 17.1. The average molecular weight is 713 g/mol. The maximum absolute atomic E-state index is 6.23. The van der Waals surface area contributed by atoms with Crippen molar-refractivity contribution in [1.82, 2.24) is 0 Å². The Balaban J connectivity index is 0.00000210. The van der Waals surface area contributed by atoms with E-state index in [1.165, 1.54) is 23.7 Å². The second-order valence-electron chi connectivity index (χ2n) is 14.8. The minimum atomic E-state index is -0.752. The number of nitrogens with zero attached hydrogens (tertiary/aromatic N) is 1. The van der Waals surface area contributed by atoms with Crippen molar-refractivity contribution < 1.29 is 59.8 Å². The van der Waals surface area contributed by atoms with E-state index in [2.05, 4.69) is 85.2 Å². The summed E-state index contributed by atoms with van der Waals surface area (Å²) in [7, 11) is 0.813. The van der Waals surface area contributed by atoms with Gasteiger partial charge in [-0.25, -0.2) is 0 Å². The summed E-state index contributed by atoms with van der Waals surface area (Å²) in [4.78, 5) is 0. The van der Waals surface area contributed by atoms with E-state index in [-0.39, 0.29) is 68.5 Å². The first kappa shape index (κ1) is 34.5. The number of rotatable bonds is 4. The summed E-state index contributed by atoms with van der Waals surface area (Å²) in [5, 5.41) is 0.925. The van der Waals surface area contributed by atoms with Gasteiger partial charge in [0.25, 0.3) is 0 Å². The molecule has 4 fully saturated rings. The molecule has 5 heterocycles. The van der Waals surface area contributed by atoms with E-state index in [1.54, 1.807) is 0 Å². The molecule has 0 bridgehead atoms. The van der Waals surface area contributed by atoms with Gasteiger partial charge in [-0.15, -0.1) is 0 Å². The van der Waals surface area contributed by atoms with E-state index >= 15 is 0 Å². The fourth-order valence-corrected chi connectivity index (χ4v) is 17.8. The molecule has 5 nitrogen and oxygen atoms in total. The number of hydrogen-bond donors (Lipinski definition) is 0. The van der Waals surface area contributed by atoms with Crippen LogP contribution in [0, 0.1) is 0 Å². The second-order valence-corrected chi connectivity index (χ2v) is 22.9. The third-order valence-electron chi connectivity index (χ3n) is 9.89. The molecule has 1 aromatic heterocycles. The first-order valence-electron chi connectivity index (χ1n) is 14.4. The Morgan fingerprint density at radius 3 is 1.18 bits per heavy atom. The molecule has 9 heteroatoms. The van der Waals surface area contributed by atoms with Gasteiger partial charge < -0.3 is 18.9 Å². The fourth-order valence-electron chi connectivity index (χ4n) is 8.83. The van der Waals surface area contributed by atoms with E-state index in [1.807, 2.05) is 0 Å². The molecule has 0 aromatic carbocycles. The average Bonchev–Trinajstić information content (AvgIpc) is 3.37. The quantitative estimate of drug-likeness (QED) is 0.215. The van der Waals surface area contributed by atoms with Gasteiger partial charge in [0.05, 0.1) is 47.1 Å². The van der Waals surface area contributed by atoms with Gasteiger partial charge in [-0.3, -0.25) is 0 Å². The Morgan fingerprint density at radius 2 is 0.897 bits per heavy atom. The Labute approximate surface area is 263 Å². The normalized spacial score (nSPS) is 28.2. The van der Waals surface area contributed by atoms with Crippen molar-refractivity contribution >= 4 is 15.8 Å². The van der Waals surface area contributed by atoms with Crippen LogP contribution in [0.5, 0.6) is 0 Å². The van der Waals surface area contributed by atoms with E-state index < -0.39 is 15.8 Å². The zero-order valence-electron chi connectivity index (χ0n) is 25.6. The molecule has 4 aliphatic rings. The summed E-state index contributed by atoms with van der Waals surface area (Å²) >= 11 is 0. The van der Waals surface area contributed by atoms with Crippen LogP contribution in [-0.2, 0) is 74.6 Å². The molecule has 1 radical (unpaired) electrons. The molecule has 1 aromatic rings. The van der Waals surface area contributed by atoms with Crippen LogP contribution in [0.25, 0.3) is 0 Å². The van der Waals surface area contributed by atoms with Crippen LogP contribution in [0.2, 0.25) is 0 Å². The molecule has 0 aliphatic carbocycles. The zero-order chi connectivity index (χ0) is 26.9. The van der Waals surface area contributed by atoms with Crippen molar-refractivity contribution in [2.24, 2.45) is 7.05 Å². The number of hydrogen-bond acceptors (Lipinski definition) is 4. The molecule has 4 aliphatic heterocycles. The Hall–Kier alpha value is 0.980. The van der Waals surface area contributed by atoms with E-state index in [4.69, 9.17) is 18.9 Å². The van der Waals surface area contributed by atoms with Crippen LogP contribution < -0.4 is 4.57 Å². The van der Waals surface area contributed by atoms with E-state index in [9.17, 15) is 0 Å². The molecule has 4 saturated heterocycles. The molecule has 0 atom stereocenters. The van der Waals surface area contributed by atoms with Crippen LogP contribution in [0.4, 0.5) is 0 Å². The summed E-state index contributed by atoms with van der Waals surface area (Å²) in [6.07, 6.45) is 6.44. The zero-order valence-corrected chi connectivity index (χ0v) is 30.3. The molecule has 225 valence electrons. The Kier molecular flexibility index (Phi) is 10.4. The van der Waals surface area contributed by atoms with Crippen LogP contribution in [0.1, 0.15) is 92.5 Å².